The van der Waals surface area contributed by atoms with Crippen LogP contribution in [0, 0.1) is 13.8 Å². The summed E-state index contributed by atoms with van der Waals surface area (Å²) in [5, 5.41) is 12.9. The SMILES string of the molecule is COc1ccc(-n2c(SCC(=O)Nc3cc(C)c(Cl)cc3OC)nnc2-c2cccc(C)c2)cc1. The normalized spacial score (nSPS) is 10.8. The zero-order chi connectivity index (χ0) is 24.9. The summed E-state index contributed by atoms with van der Waals surface area (Å²) >= 11 is 7.48. The van der Waals surface area contributed by atoms with Gasteiger partial charge in [-0.15, -0.1) is 10.2 Å². The highest BCUT2D eigenvalue weighted by Gasteiger charge is 2.18. The number of amides is 1. The summed E-state index contributed by atoms with van der Waals surface area (Å²) in [6.45, 7) is 3.90. The molecule has 1 amide bonds. The van der Waals surface area contributed by atoms with Crippen molar-refractivity contribution in [3.8, 4) is 28.6 Å². The van der Waals surface area contributed by atoms with Gasteiger partial charge in [-0.05, 0) is 55.8 Å². The fourth-order valence-corrected chi connectivity index (χ4v) is 4.45. The van der Waals surface area contributed by atoms with Crippen LogP contribution in [0.2, 0.25) is 5.02 Å². The number of aryl methyl sites for hydroxylation is 2. The molecule has 4 aromatic rings. The third-order valence-electron chi connectivity index (χ3n) is 5.33. The van der Waals surface area contributed by atoms with Gasteiger partial charge in [-0.25, -0.2) is 0 Å². The van der Waals surface area contributed by atoms with E-state index in [-0.39, 0.29) is 11.7 Å². The van der Waals surface area contributed by atoms with Crippen molar-refractivity contribution in [2.75, 3.05) is 25.3 Å². The number of hydrogen-bond acceptors (Lipinski definition) is 6. The number of nitrogens with one attached hydrogen (secondary N) is 1. The van der Waals surface area contributed by atoms with Crippen LogP contribution in [0.1, 0.15) is 11.1 Å². The predicted octanol–water partition coefficient (Wildman–Crippen LogP) is 5.95. The Morgan fingerprint density at radius 1 is 1.03 bits per heavy atom. The second-order valence-electron chi connectivity index (χ2n) is 7.85. The van der Waals surface area contributed by atoms with Crippen LogP contribution < -0.4 is 14.8 Å². The van der Waals surface area contributed by atoms with E-state index in [1.807, 2.05) is 60.9 Å². The average Bonchev–Trinajstić information content (AvgIpc) is 3.29. The quantitative estimate of drug-likeness (QED) is 0.296. The Morgan fingerprint density at radius 2 is 1.80 bits per heavy atom. The van der Waals surface area contributed by atoms with Gasteiger partial charge in [-0.1, -0.05) is 47.1 Å². The summed E-state index contributed by atoms with van der Waals surface area (Å²) in [5.41, 5.74) is 4.33. The number of benzene rings is 3. The lowest BCUT2D eigenvalue weighted by atomic mass is 10.1. The van der Waals surface area contributed by atoms with Gasteiger partial charge in [0, 0.05) is 22.3 Å². The summed E-state index contributed by atoms with van der Waals surface area (Å²) in [6, 6.07) is 19.2. The third kappa shape index (κ3) is 5.61. The van der Waals surface area contributed by atoms with Crippen molar-refractivity contribution in [3.63, 3.8) is 0 Å². The Labute approximate surface area is 213 Å². The first-order valence-electron chi connectivity index (χ1n) is 10.8. The largest absolute Gasteiger partial charge is 0.497 e. The summed E-state index contributed by atoms with van der Waals surface area (Å²) < 4.78 is 12.6. The molecule has 0 bridgehead atoms. The lowest BCUT2D eigenvalue weighted by molar-refractivity contribution is -0.113. The number of rotatable bonds is 8. The maximum absolute atomic E-state index is 12.8. The van der Waals surface area contributed by atoms with Crippen molar-refractivity contribution in [3.05, 3.63) is 76.8 Å². The molecule has 0 saturated heterocycles. The van der Waals surface area contributed by atoms with Crippen LogP contribution in [0.4, 0.5) is 5.69 Å². The van der Waals surface area contributed by atoms with Gasteiger partial charge in [0.2, 0.25) is 5.91 Å². The first kappa shape index (κ1) is 24.6. The molecule has 1 N–H and O–H groups in total. The third-order valence-corrected chi connectivity index (χ3v) is 6.66. The summed E-state index contributed by atoms with van der Waals surface area (Å²) in [5.74, 6) is 1.88. The standard InChI is InChI=1S/C26H25ClN4O3S/c1-16-6-5-7-18(12-16)25-29-30-26(31(25)19-8-10-20(33-3)11-9-19)35-15-24(32)28-22-13-17(2)21(27)14-23(22)34-4/h5-14H,15H2,1-4H3,(H,28,32). The van der Waals surface area contributed by atoms with E-state index in [4.69, 9.17) is 21.1 Å². The van der Waals surface area contributed by atoms with Crippen molar-refractivity contribution in [2.24, 2.45) is 0 Å². The van der Waals surface area contributed by atoms with Crippen LogP contribution >= 0.6 is 23.4 Å². The Hall–Kier alpha value is -3.49. The van der Waals surface area contributed by atoms with Gasteiger partial charge in [0.1, 0.15) is 11.5 Å². The van der Waals surface area contributed by atoms with Crippen LogP contribution in [-0.4, -0.2) is 40.6 Å². The molecular weight excluding hydrogens is 484 g/mol. The highest BCUT2D eigenvalue weighted by molar-refractivity contribution is 7.99. The van der Waals surface area contributed by atoms with Crippen molar-refractivity contribution >= 4 is 35.0 Å². The molecule has 4 rings (SSSR count). The molecule has 9 heteroatoms. The molecule has 180 valence electrons. The number of carbonyl (C=O) groups is 1. The van der Waals surface area contributed by atoms with Gasteiger partial charge >= 0.3 is 0 Å². The summed E-state index contributed by atoms with van der Waals surface area (Å²) in [6.07, 6.45) is 0. The lowest BCUT2D eigenvalue weighted by Gasteiger charge is -2.13. The van der Waals surface area contributed by atoms with E-state index in [0.29, 0.717) is 27.4 Å². The number of carbonyl (C=O) groups excluding carboxylic acids is 1. The monoisotopic (exact) mass is 508 g/mol. The van der Waals surface area contributed by atoms with Crippen LogP contribution in [0.25, 0.3) is 17.1 Å². The minimum Gasteiger partial charge on any atom is -0.497 e. The molecule has 1 heterocycles. The van der Waals surface area contributed by atoms with Gasteiger partial charge in [-0.3, -0.25) is 9.36 Å². The predicted molar refractivity (Wildman–Crippen MR) is 140 cm³/mol. The molecule has 35 heavy (non-hydrogen) atoms. The fourth-order valence-electron chi connectivity index (χ4n) is 3.54. The number of thioether (sulfide) groups is 1. The molecule has 7 nitrogen and oxygen atoms in total. The summed E-state index contributed by atoms with van der Waals surface area (Å²) in [4.78, 5) is 12.8. The zero-order valence-electron chi connectivity index (χ0n) is 19.8. The number of nitrogens with zero attached hydrogens (tertiary/aromatic N) is 3. The molecule has 0 aliphatic rings. The average molecular weight is 509 g/mol. The Bertz CT molecular complexity index is 1360. The molecule has 0 aliphatic heterocycles. The topological polar surface area (TPSA) is 78.3 Å². The second kappa shape index (κ2) is 10.8. The van der Waals surface area contributed by atoms with Gasteiger partial charge in [-0.2, -0.15) is 0 Å². The molecule has 0 radical (unpaired) electrons. The molecule has 0 fully saturated rings. The number of halogens is 1. The van der Waals surface area contributed by atoms with Crippen molar-refractivity contribution in [2.45, 2.75) is 19.0 Å². The first-order chi connectivity index (χ1) is 16.9. The first-order valence-corrected chi connectivity index (χ1v) is 12.2. The van der Waals surface area contributed by atoms with Gasteiger partial charge < -0.3 is 14.8 Å². The van der Waals surface area contributed by atoms with Crippen molar-refractivity contribution < 1.29 is 14.3 Å². The molecule has 1 aromatic heterocycles. The molecule has 0 unspecified atom stereocenters. The smallest absolute Gasteiger partial charge is 0.234 e. The van der Waals surface area contributed by atoms with E-state index < -0.39 is 0 Å². The number of methoxy groups -OCH3 is 2. The lowest BCUT2D eigenvalue weighted by Crippen LogP contribution is -2.15. The summed E-state index contributed by atoms with van der Waals surface area (Å²) in [7, 11) is 3.17. The number of hydrogen-bond donors (Lipinski definition) is 1. The number of ether oxygens (including phenoxy) is 2. The second-order valence-corrected chi connectivity index (χ2v) is 9.20. The number of aromatic nitrogens is 3. The molecule has 0 atom stereocenters. The molecule has 3 aromatic carbocycles. The number of anilines is 1. The van der Waals surface area contributed by atoms with Crippen LogP contribution in [0.3, 0.4) is 0 Å². The maximum atomic E-state index is 12.8. The Balaban J connectivity index is 1.61. The molecule has 0 spiro atoms. The minimum atomic E-state index is -0.198. The highest BCUT2D eigenvalue weighted by Crippen LogP contribution is 2.32. The van der Waals surface area contributed by atoms with Gasteiger partial charge in [0.25, 0.3) is 0 Å². The fraction of sp³-hybridized carbons (Fsp3) is 0.192. The van der Waals surface area contributed by atoms with E-state index in [1.165, 1.54) is 18.9 Å². The van der Waals surface area contributed by atoms with Gasteiger partial charge in [0.05, 0.1) is 25.7 Å². The molecule has 0 saturated carbocycles. The van der Waals surface area contributed by atoms with Gasteiger partial charge in [0.15, 0.2) is 11.0 Å². The minimum absolute atomic E-state index is 0.132. The van der Waals surface area contributed by atoms with E-state index in [9.17, 15) is 4.79 Å². The zero-order valence-corrected chi connectivity index (χ0v) is 21.4. The van der Waals surface area contributed by atoms with E-state index in [0.717, 1.165) is 28.1 Å². The van der Waals surface area contributed by atoms with E-state index in [2.05, 4.69) is 21.6 Å². The van der Waals surface area contributed by atoms with Crippen LogP contribution in [-0.2, 0) is 4.79 Å². The molecular formula is C26H25ClN4O3S. The Morgan fingerprint density at radius 3 is 2.49 bits per heavy atom. The molecule has 0 aliphatic carbocycles. The highest BCUT2D eigenvalue weighted by atomic mass is 35.5. The van der Waals surface area contributed by atoms with Crippen LogP contribution in [0.5, 0.6) is 11.5 Å². The van der Waals surface area contributed by atoms with Crippen molar-refractivity contribution in [1.29, 1.82) is 0 Å². The van der Waals surface area contributed by atoms with Crippen LogP contribution in [0.15, 0.2) is 65.8 Å². The van der Waals surface area contributed by atoms with E-state index in [1.54, 1.807) is 19.2 Å². The maximum Gasteiger partial charge on any atom is 0.234 e. The van der Waals surface area contributed by atoms with Crippen molar-refractivity contribution in [1.82, 2.24) is 14.8 Å². The Kier molecular flexibility index (Phi) is 7.63. The van der Waals surface area contributed by atoms with E-state index >= 15 is 0 Å².